The van der Waals surface area contributed by atoms with Crippen molar-refractivity contribution in [2.45, 2.75) is 39.5 Å². The number of amides is 1. The van der Waals surface area contributed by atoms with Gasteiger partial charge < -0.3 is 15.5 Å². The van der Waals surface area contributed by atoms with E-state index in [2.05, 4.69) is 34.4 Å². The molecule has 148 valence electrons. The third kappa shape index (κ3) is 7.35. The normalized spacial score (nSPS) is 11.1. The Labute approximate surface area is 167 Å². The number of anilines is 1. The Morgan fingerprint density at radius 3 is 2.67 bits per heavy atom. The van der Waals surface area contributed by atoms with E-state index in [1.54, 1.807) is 6.20 Å². The van der Waals surface area contributed by atoms with Gasteiger partial charge in [0.05, 0.1) is 5.52 Å². The zero-order valence-electron chi connectivity index (χ0n) is 16.4. The highest BCUT2D eigenvalue weighted by molar-refractivity contribution is 6.31. The molecule has 0 unspecified atom stereocenters. The Hall–Kier alpha value is -1.85. The fourth-order valence-electron chi connectivity index (χ4n) is 3.04. The number of fused-ring (bicyclic) bond motifs is 1. The zero-order chi connectivity index (χ0) is 19.5. The van der Waals surface area contributed by atoms with Gasteiger partial charge in [0.15, 0.2) is 0 Å². The van der Waals surface area contributed by atoms with Crippen LogP contribution in [0.3, 0.4) is 0 Å². The predicted octanol–water partition coefficient (Wildman–Crippen LogP) is 4.32. The second kappa shape index (κ2) is 11.8. The van der Waals surface area contributed by atoms with E-state index in [1.165, 1.54) is 0 Å². The molecule has 0 saturated heterocycles. The molecule has 1 amide bonds. The van der Waals surface area contributed by atoms with Crippen LogP contribution < -0.4 is 10.6 Å². The van der Waals surface area contributed by atoms with Crippen LogP contribution in [0.2, 0.25) is 5.02 Å². The minimum absolute atomic E-state index is 0.155. The van der Waals surface area contributed by atoms with Crippen LogP contribution in [0, 0.1) is 0 Å². The van der Waals surface area contributed by atoms with Crippen molar-refractivity contribution >= 4 is 34.1 Å². The number of nitrogens with zero attached hydrogens (tertiary/aromatic N) is 2. The monoisotopic (exact) mass is 390 g/mol. The van der Waals surface area contributed by atoms with E-state index < -0.39 is 0 Å². The summed E-state index contributed by atoms with van der Waals surface area (Å²) in [6.07, 6.45) is 5.54. The number of carbonyl (C=O) groups excluding carboxylic acids is 1. The molecule has 1 aromatic heterocycles. The highest BCUT2D eigenvalue weighted by Gasteiger charge is 2.05. The van der Waals surface area contributed by atoms with Gasteiger partial charge in [-0.2, -0.15) is 0 Å². The van der Waals surface area contributed by atoms with E-state index in [9.17, 15) is 4.79 Å². The number of benzene rings is 1. The summed E-state index contributed by atoms with van der Waals surface area (Å²) in [7, 11) is 0. The summed E-state index contributed by atoms with van der Waals surface area (Å²) in [5.74, 6) is 0.155. The molecular weight excluding hydrogens is 360 g/mol. The summed E-state index contributed by atoms with van der Waals surface area (Å²) in [4.78, 5) is 18.5. The first kappa shape index (κ1) is 21.5. The number of carbonyl (C=O) groups is 1. The van der Waals surface area contributed by atoms with Crippen molar-refractivity contribution in [3.8, 4) is 0 Å². The van der Waals surface area contributed by atoms with Crippen molar-refractivity contribution in [2.24, 2.45) is 0 Å². The van der Waals surface area contributed by atoms with Gasteiger partial charge in [0.1, 0.15) is 0 Å². The standard InChI is InChI=1S/C21H31ClN4O/c1-3-26(4-2)15-11-21(27)25-13-7-5-6-12-23-19-10-14-24-20-16-17(22)8-9-18(19)20/h8-10,14,16H,3-7,11-13,15H2,1-2H3,(H,23,24)(H,25,27). The summed E-state index contributed by atoms with van der Waals surface area (Å²) in [6, 6.07) is 7.76. The van der Waals surface area contributed by atoms with Crippen LogP contribution in [0.25, 0.3) is 10.9 Å². The van der Waals surface area contributed by atoms with E-state index in [4.69, 9.17) is 11.6 Å². The van der Waals surface area contributed by atoms with Gasteiger partial charge in [0.2, 0.25) is 5.91 Å². The van der Waals surface area contributed by atoms with Crippen molar-refractivity contribution in [1.29, 1.82) is 0 Å². The fraction of sp³-hybridized carbons (Fsp3) is 0.524. The maximum absolute atomic E-state index is 11.8. The highest BCUT2D eigenvalue weighted by atomic mass is 35.5. The van der Waals surface area contributed by atoms with Gasteiger partial charge in [-0.3, -0.25) is 9.78 Å². The molecule has 1 aromatic carbocycles. The summed E-state index contributed by atoms with van der Waals surface area (Å²) < 4.78 is 0. The molecule has 0 bridgehead atoms. The Morgan fingerprint density at radius 2 is 1.89 bits per heavy atom. The summed E-state index contributed by atoms with van der Waals surface area (Å²) >= 11 is 6.03. The Morgan fingerprint density at radius 1 is 1.11 bits per heavy atom. The molecule has 1 heterocycles. The first-order valence-corrected chi connectivity index (χ1v) is 10.3. The molecule has 27 heavy (non-hydrogen) atoms. The Bertz CT molecular complexity index is 718. The number of pyridine rings is 1. The molecule has 0 atom stereocenters. The largest absolute Gasteiger partial charge is 0.384 e. The van der Waals surface area contributed by atoms with Crippen LogP contribution in [0.15, 0.2) is 30.5 Å². The van der Waals surface area contributed by atoms with Crippen molar-refractivity contribution in [1.82, 2.24) is 15.2 Å². The predicted molar refractivity (Wildman–Crippen MR) is 115 cm³/mol. The van der Waals surface area contributed by atoms with Crippen LogP contribution in [-0.2, 0) is 4.79 Å². The van der Waals surface area contributed by atoms with E-state index in [0.717, 1.165) is 68.6 Å². The fourth-order valence-corrected chi connectivity index (χ4v) is 3.21. The van der Waals surface area contributed by atoms with Crippen molar-refractivity contribution < 1.29 is 4.79 Å². The SMILES string of the molecule is CCN(CC)CCC(=O)NCCCCCNc1ccnc2cc(Cl)ccc12. The number of halogens is 1. The molecule has 0 aliphatic rings. The van der Waals surface area contributed by atoms with Crippen molar-refractivity contribution in [3.63, 3.8) is 0 Å². The second-order valence-electron chi connectivity index (χ2n) is 6.63. The van der Waals surface area contributed by atoms with Crippen LogP contribution in [0.1, 0.15) is 39.5 Å². The average molecular weight is 391 g/mol. The van der Waals surface area contributed by atoms with E-state index in [-0.39, 0.29) is 5.91 Å². The van der Waals surface area contributed by atoms with Crippen molar-refractivity contribution in [2.75, 3.05) is 38.0 Å². The number of unbranched alkanes of at least 4 members (excludes halogenated alkanes) is 2. The number of hydrogen-bond donors (Lipinski definition) is 2. The maximum atomic E-state index is 11.8. The van der Waals surface area contributed by atoms with Gasteiger partial charge in [-0.1, -0.05) is 25.4 Å². The first-order chi connectivity index (χ1) is 13.1. The number of nitrogens with one attached hydrogen (secondary N) is 2. The van der Waals surface area contributed by atoms with Gasteiger partial charge in [0, 0.05) is 48.3 Å². The van der Waals surface area contributed by atoms with Crippen LogP contribution in [0.5, 0.6) is 0 Å². The Balaban J connectivity index is 1.59. The van der Waals surface area contributed by atoms with Crippen LogP contribution >= 0.6 is 11.6 Å². The number of aromatic nitrogens is 1. The van der Waals surface area contributed by atoms with Gasteiger partial charge in [-0.05, 0) is 56.6 Å². The van der Waals surface area contributed by atoms with Crippen LogP contribution in [0.4, 0.5) is 5.69 Å². The van der Waals surface area contributed by atoms with Gasteiger partial charge >= 0.3 is 0 Å². The Kier molecular flexibility index (Phi) is 9.36. The molecule has 2 N–H and O–H groups in total. The molecule has 0 aliphatic carbocycles. The first-order valence-electron chi connectivity index (χ1n) is 9.91. The summed E-state index contributed by atoms with van der Waals surface area (Å²) in [6.45, 7) is 8.74. The molecule has 0 aliphatic heterocycles. The van der Waals surface area contributed by atoms with Crippen LogP contribution in [-0.4, -0.2) is 48.5 Å². The lowest BCUT2D eigenvalue weighted by atomic mass is 10.2. The van der Waals surface area contributed by atoms with E-state index >= 15 is 0 Å². The molecule has 2 aromatic rings. The number of hydrogen-bond acceptors (Lipinski definition) is 4. The zero-order valence-corrected chi connectivity index (χ0v) is 17.2. The van der Waals surface area contributed by atoms with Gasteiger partial charge in [0.25, 0.3) is 0 Å². The lowest BCUT2D eigenvalue weighted by molar-refractivity contribution is -0.121. The molecule has 5 nitrogen and oxygen atoms in total. The summed E-state index contributed by atoms with van der Waals surface area (Å²) in [5, 5.41) is 8.28. The molecule has 0 saturated carbocycles. The summed E-state index contributed by atoms with van der Waals surface area (Å²) in [5.41, 5.74) is 1.99. The molecule has 0 spiro atoms. The van der Waals surface area contributed by atoms with E-state index in [1.807, 2.05) is 24.3 Å². The van der Waals surface area contributed by atoms with E-state index in [0.29, 0.717) is 11.4 Å². The third-order valence-electron chi connectivity index (χ3n) is 4.75. The molecule has 2 rings (SSSR count). The molecule has 6 heteroatoms. The molecule has 0 fully saturated rings. The highest BCUT2D eigenvalue weighted by Crippen LogP contribution is 2.24. The minimum Gasteiger partial charge on any atom is -0.384 e. The van der Waals surface area contributed by atoms with Gasteiger partial charge in [-0.25, -0.2) is 0 Å². The minimum atomic E-state index is 0.155. The van der Waals surface area contributed by atoms with Crippen molar-refractivity contribution in [3.05, 3.63) is 35.5 Å². The quantitative estimate of drug-likeness (QED) is 0.530. The molecular formula is C21H31ClN4O. The van der Waals surface area contributed by atoms with Gasteiger partial charge in [-0.15, -0.1) is 0 Å². The second-order valence-corrected chi connectivity index (χ2v) is 7.07. The lowest BCUT2D eigenvalue weighted by Crippen LogP contribution is -2.31. The average Bonchev–Trinajstić information content (AvgIpc) is 2.67. The smallest absolute Gasteiger partial charge is 0.221 e. The topological polar surface area (TPSA) is 57.3 Å². The molecule has 0 radical (unpaired) electrons. The lowest BCUT2D eigenvalue weighted by Gasteiger charge is -2.17. The number of rotatable bonds is 12. The maximum Gasteiger partial charge on any atom is 0.221 e. The third-order valence-corrected chi connectivity index (χ3v) is 4.98.